The van der Waals surface area contributed by atoms with Crippen LogP contribution in [-0.2, 0) is 16.2 Å². The minimum absolute atomic E-state index is 0.0973. The van der Waals surface area contributed by atoms with Crippen LogP contribution in [0.15, 0.2) is 182 Å². The molecule has 0 aromatic heterocycles. The van der Waals surface area contributed by atoms with Crippen molar-refractivity contribution in [3.8, 4) is 33.4 Å². The van der Waals surface area contributed by atoms with E-state index in [4.69, 9.17) is 0 Å². The molecule has 0 unspecified atom stereocenters. The Hall–Kier alpha value is -6.64. The number of rotatable bonds is 5. The first kappa shape index (κ1) is 35.5. The molecule has 1 aliphatic heterocycles. The molecule has 286 valence electrons. The van der Waals surface area contributed by atoms with Crippen LogP contribution in [0, 0.1) is 0 Å². The molecule has 0 spiro atoms. The molecule has 2 heteroatoms. The molecule has 0 atom stereocenters. The maximum absolute atomic E-state index is 2.51. The summed E-state index contributed by atoms with van der Waals surface area (Å²) in [6, 6.07) is 67.9. The Bertz CT molecular complexity index is 2950. The molecule has 0 saturated heterocycles. The van der Waals surface area contributed by atoms with E-state index in [0.717, 1.165) is 22.7 Å². The maximum Gasteiger partial charge on any atom is 0.0506 e. The third-order valence-electron chi connectivity index (χ3n) is 13.9. The van der Waals surface area contributed by atoms with Crippen LogP contribution in [0.3, 0.4) is 0 Å². The van der Waals surface area contributed by atoms with Gasteiger partial charge in [0.1, 0.15) is 0 Å². The highest BCUT2D eigenvalue weighted by Gasteiger charge is 2.42. The van der Waals surface area contributed by atoms with Crippen molar-refractivity contribution in [2.24, 2.45) is 0 Å². The zero-order valence-corrected chi connectivity index (χ0v) is 34.7. The summed E-state index contributed by atoms with van der Waals surface area (Å²) in [6.45, 7) is 14.3. The molecule has 0 amide bonds. The molecule has 1 heterocycles. The first-order valence-corrected chi connectivity index (χ1v) is 21.0. The molecule has 8 aromatic rings. The Morgan fingerprint density at radius 2 is 0.797 bits per heavy atom. The second-order valence-corrected chi connectivity index (χ2v) is 18.2. The largest absolute Gasteiger partial charge is 0.310 e. The number of para-hydroxylation sites is 1. The van der Waals surface area contributed by atoms with E-state index in [1.165, 1.54) is 78.1 Å². The lowest BCUT2D eigenvalue weighted by atomic mass is 9.72. The Morgan fingerprint density at radius 3 is 1.46 bits per heavy atom. The summed E-state index contributed by atoms with van der Waals surface area (Å²) in [5.41, 5.74) is 22.7. The van der Waals surface area contributed by atoms with E-state index in [0.29, 0.717) is 0 Å². The van der Waals surface area contributed by atoms with Crippen LogP contribution < -0.4 is 9.80 Å². The van der Waals surface area contributed by atoms with Crippen LogP contribution >= 0.6 is 0 Å². The summed E-state index contributed by atoms with van der Waals surface area (Å²) >= 11 is 0. The Morgan fingerprint density at radius 1 is 0.322 bits per heavy atom. The fourth-order valence-electron chi connectivity index (χ4n) is 10.6. The summed E-state index contributed by atoms with van der Waals surface area (Å²) < 4.78 is 0. The van der Waals surface area contributed by atoms with E-state index >= 15 is 0 Å². The van der Waals surface area contributed by atoms with Crippen LogP contribution in [0.4, 0.5) is 34.1 Å². The van der Waals surface area contributed by atoms with Gasteiger partial charge >= 0.3 is 0 Å². The maximum atomic E-state index is 2.51. The minimum atomic E-state index is -0.178. The molecule has 0 saturated carbocycles. The summed E-state index contributed by atoms with van der Waals surface area (Å²) in [5, 5.41) is 0. The molecular weight excluding hydrogens is 713 g/mol. The topological polar surface area (TPSA) is 6.48 Å². The SMILES string of the molecule is CC1(C)c2ccccc2-c2ccc(N(c3ccc(-c4ccccc4)cc3)c3ccc(N4c5ccccc5C(C)(C)c5cc6c(cc54)C(C)(C)c4ccccc4-6)cc3)cc21. The summed E-state index contributed by atoms with van der Waals surface area (Å²) in [4.78, 5) is 4.93. The van der Waals surface area contributed by atoms with Crippen LogP contribution in [0.5, 0.6) is 0 Å². The van der Waals surface area contributed by atoms with Crippen LogP contribution in [0.1, 0.15) is 74.9 Å². The van der Waals surface area contributed by atoms with Gasteiger partial charge in [-0.25, -0.2) is 0 Å². The molecule has 2 nitrogen and oxygen atoms in total. The third kappa shape index (κ3) is 5.18. The van der Waals surface area contributed by atoms with Crippen molar-refractivity contribution in [1.82, 2.24) is 0 Å². The van der Waals surface area contributed by atoms with Gasteiger partial charge in [-0.2, -0.15) is 0 Å². The molecule has 8 aromatic carbocycles. The van der Waals surface area contributed by atoms with Gasteiger partial charge in [-0.05, 0) is 133 Å². The van der Waals surface area contributed by atoms with Crippen LogP contribution in [-0.4, -0.2) is 0 Å². The van der Waals surface area contributed by atoms with E-state index < -0.39 is 0 Å². The Balaban J connectivity index is 1.05. The van der Waals surface area contributed by atoms with Gasteiger partial charge in [-0.3, -0.25) is 0 Å². The average Bonchev–Trinajstić information content (AvgIpc) is 3.63. The van der Waals surface area contributed by atoms with Crippen molar-refractivity contribution >= 4 is 34.1 Å². The molecule has 2 aliphatic carbocycles. The van der Waals surface area contributed by atoms with Gasteiger partial charge in [-0.15, -0.1) is 0 Å². The quantitative estimate of drug-likeness (QED) is 0.172. The van der Waals surface area contributed by atoms with Gasteiger partial charge in [0.2, 0.25) is 0 Å². The van der Waals surface area contributed by atoms with Gasteiger partial charge < -0.3 is 9.80 Å². The van der Waals surface area contributed by atoms with Gasteiger partial charge in [0.05, 0.1) is 11.4 Å². The van der Waals surface area contributed by atoms with E-state index in [-0.39, 0.29) is 16.2 Å². The summed E-state index contributed by atoms with van der Waals surface area (Å²) in [6.07, 6.45) is 0. The number of hydrogen-bond acceptors (Lipinski definition) is 2. The first-order valence-electron chi connectivity index (χ1n) is 21.0. The highest BCUT2D eigenvalue weighted by molar-refractivity contribution is 5.92. The lowest BCUT2D eigenvalue weighted by Crippen LogP contribution is -2.31. The number of fused-ring (bicyclic) bond motifs is 8. The smallest absolute Gasteiger partial charge is 0.0506 e. The minimum Gasteiger partial charge on any atom is -0.310 e. The van der Waals surface area contributed by atoms with Crippen molar-refractivity contribution < 1.29 is 0 Å². The van der Waals surface area contributed by atoms with Crippen molar-refractivity contribution in [2.45, 2.75) is 57.8 Å². The van der Waals surface area contributed by atoms with Gasteiger partial charge in [0.25, 0.3) is 0 Å². The standard InChI is InChI=1S/C57H48N2/c1-55(2)47-20-12-10-18-43(47)45-33-32-42(34-50(45)55)58(39-26-24-38(25-27-39)37-16-8-7-9-17-37)40-28-30-41(31-29-40)59-53-23-15-14-22-49(53)57(5,6)52-35-46-44-19-11-13-21-48(44)56(3,4)51(46)36-54(52)59/h7-36H,1-6H3. The average molecular weight is 761 g/mol. The predicted molar refractivity (Wildman–Crippen MR) is 248 cm³/mol. The highest BCUT2D eigenvalue weighted by atomic mass is 15.2. The fourth-order valence-corrected chi connectivity index (χ4v) is 10.6. The molecular formula is C57H48N2. The van der Waals surface area contributed by atoms with Gasteiger partial charge in [-0.1, -0.05) is 157 Å². The number of nitrogens with zero attached hydrogens (tertiary/aromatic N) is 2. The van der Waals surface area contributed by atoms with E-state index in [2.05, 4.69) is 233 Å². The first-order chi connectivity index (χ1) is 28.5. The predicted octanol–water partition coefficient (Wildman–Crippen LogP) is 15.5. The van der Waals surface area contributed by atoms with Gasteiger partial charge in [0, 0.05) is 39.0 Å². The molecule has 0 bridgehead atoms. The summed E-state index contributed by atoms with van der Waals surface area (Å²) in [7, 11) is 0. The molecule has 0 N–H and O–H groups in total. The van der Waals surface area contributed by atoms with Crippen LogP contribution in [0.2, 0.25) is 0 Å². The second kappa shape index (κ2) is 12.7. The molecule has 3 aliphatic rings. The zero-order chi connectivity index (χ0) is 40.3. The van der Waals surface area contributed by atoms with E-state index in [1.807, 2.05) is 0 Å². The second-order valence-electron chi connectivity index (χ2n) is 18.2. The molecule has 0 fully saturated rings. The Kier molecular flexibility index (Phi) is 7.63. The molecule has 0 radical (unpaired) electrons. The molecule has 59 heavy (non-hydrogen) atoms. The van der Waals surface area contributed by atoms with Crippen molar-refractivity contribution in [3.05, 3.63) is 215 Å². The third-order valence-corrected chi connectivity index (χ3v) is 13.9. The summed E-state index contributed by atoms with van der Waals surface area (Å²) in [5.74, 6) is 0. The van der Waals surface area contributed by atoms with Crippen molar-refractivity contribution in [2.75, 3.05) is 9.80 Å². The number of anilines is 6. The van der Waals surface area contributed by atoms with E-state index in [9.17, 15) is 0 Å². The monoisotopic (exact) mass is 760 g/mol. The lowest BCUT2D eigenvalue weighted by molar-refractivity contribution is 0.627. The molecule has 11 rings (SSSR count). The highest BCUT2D eigenvalue weighted by Crippen LogP contribution is 2.58. The fraction of sp³-hybridized carbons (Fsp3) is 0.158. The lowest BCUT2D eigenvalue weighted by Gasteiger charge is -2.43. The van der Waals surface area contributed by atoms with E-state index in [1.54, 1.807) is 0 Å². The Labute approximate surface area is 349 Å². The van der Waals surface area contributed by atoms with Crippen molar-refractivity contribution in [3.63, 3.8) is 0 Å². The normalized spacial score (nSPS) is 15.7. The van der Waals surface area contributed by atoms with Crippen molar-refractivity contribution in [1.29, 1.82) is 0 Å². The number of benzene rings is 8. The number of hydrogen-bond donors (Lipinski definition) is 0. The van der Waals surface area contributed by atoms with Gasteiger partial charge in [0.15, 0.2) is 0 Å². The zero-order valence-electron chi connectivity index (χ0n) is 34.7. The van der Waals surface area contributed by atoms with Crippen LogP contribution in [0.25, 0.3) is 33.4 Å².